The van der Waals surface area contributed by atoms with E-state index in [0.29, 0.717) is 5.69 Å². The predicted octanol–water partition coefficient (Wildman–Crippen LogP) is 1.72. The fraction of sp³-hybridized carbons (Fsp3) is 0. The van der Waals surface area contributed by atoms with E-state index in [1.807, 2.05) is 30.3 Å². The van der Waals surface area contributed by atoms with Crippen molar-refractivity contribution in [1.29, 1.82) is 0 Å². The van der Waals surface area contributed by atoms with Crippen LogP contribution in [0.1, 0.15) is 5.69 Å². The third kappa shape index (κ3) is 2.11. The SMILES string of the molecule is NC(=O)NN=Cc1cc2c(cn1)[nH]c1ccccc12. The molecule has 0 radical (unpaired) electrons. The molecule has 0 aliphatic heterocycles. The number of nitrogens with two attached hydrogens (primary N) is 1. The van der Waals surface area contributed by atoms with Crippen LogP contribution in [0.4, 0.5) is 4.79 Å². The van der Waals surface area contributed by atoms with Gasteiger partial charge in [-0.1, -0.05) is 18.2 Å². The van der Waals surface area contributed by atoms with Gasteiger partial charge in [0.15, 0.2) is 0 Å². The topological polar surface area (TPSA) is 96.2 Å². The summed E-state index contributed by atoms with van der Waals surface area (Å²) in [5, 5.41) is 5.87. The van der Waals surface area contributed by atoms with Crippen LogP contribution in [0.25, 0.3) is 21.8 Å². The maximum Gasteiger partial charge on any atom is 0.332 e. The molecule has 0 fully saturated rings. The van der Waals surface area contributed by atoms with Crippen molar-refractivity contribution in [3.05, 3.63) is 42.2 Å². The lowest BCUT2D eigenvalue weighted by molar-refractivity contribution is 0.249. The number of hydrazone groups is 1. The van der Waals surface area contributed by atoms with Gasteiger partial charge in [-0.05, 0) is 12.1 Å². The Kier molecular flexibility index (Phi) is 2.60. The lowest BCUT2D eigenvalue weighted by Gasteiger charge is -1.94. The molecule has 0 unspecified atom stereocenters. The Balaban J connectivity index is 2.06. The highest BCUT2D eigenvalue weighted by Gasteiger charge is 2.04. The van der Waals surface area contributed by atoms with Crippen LogP contribution in [0.5, 0.6) is 0 Å². The van der Waals surface area contributed by atoms with E-state index in [4.69, 9.17) is 5.73 Å². The average Bonchev–Trinajstić information content (AvgIpc) is 2.76. The second-order valence-corrected chi connectivity index (χ2v) is 4.06. The molecular formula is C13H11N5O. The van der Waals surface area contributed by atoms with E-state index in [1.165, 1.54) is 6.21 Å². The molecule has 0 saturated heterocycles. The monoisotopic (exact) mass is 253 g/mol. The molecule has 3 aromatic rings. The van der Waals surface area contributed by atoms with Crippen molar-refractivity contribution in [1.82, 2.24) is 15.4 Å². The summed E-state index contributed by atoms with van der Waals surface area (Å²) in [6, 6.07) is 9.21. The number of aromatic amines is 1. The van der Waals surface area contributed by atoms with Crippen LogP contribution in [0.15, 0.2) is 41.6 Å². The molecule has 0 atom stereocenters. The molecule has 6 heteroatoms. The number of pyridine rings is 1. The van der Waals surface area contributed by atoms with Crippen molar-refractivity contribution in [3.8, 4) is 0 Å². The summed E-state index contributed by atoms with van der Waals surface area (Å²) in [4.78, 5) is 18.0. The van der Waals surface area contributed by atoms with Crippen molar-refractivity contribution in [2.75, 3.05) is 0 Å². The van der Waals surface area contributed by atoms with Gasteiger partial charge in [0.25, 0.3) is 0 Å². The van der Waals surface area contributed by atoms with Crippen LogP contribution < -0.4 is 11.2 Å². The summed E-state index contributed by atoms with van der Waals surface area (Å²) in [5.41, 5.74) is 9.71. The maximum absolute atomic E-state index is 10.5. The normalized spacial score (nSPS) is 11.4. The smallest absolute Gasteiger partial charge is 0.332 e. The van der Waals surface area contributed by atoms with Gasteiger partial charge in [-0.2, -0.15) is 5.10 Å². The number of fused-ring (bicyclic) bond motifs is 3. The van der Waals surface area contributed by atoms with Crippen molar-refractivity contribution in [2.24, 2.45) is 10.8 Å². The highest BCUT2D eigenvalue weighted by atomic mass is 16.2. The van der Waals surface area contributed by atoms with E-state index < -0.39 is 6.03 Å². The molecular weight excluding hydrogens is 242 g/mol. The van der Waals surface area contributed by atoms with Crippen molar-refractivity contribution < 1.29 is 4.79 Å². The lowest BCUT2D eigenvalue weighted by Crippen LogP contribution is -2.24. The van der Waals surface area contributed by atoms with E-state index in [1.54, 1.807) is 6.20 Å². The van der Waals surface area contributed by atoms with Crippen molar-refractivity contribution >= 4 is 34.1 Å². The highest BCUT2D eigenvalue weighted by Crippen LogP contribution is 2.24. The number of nitrogens with one attached hydrogen (secondary N) is 2. The quantitative estimate of drug-likeness (QED) is 0.479. The number of carbonyl (C=O) groups excluding carboxylic acids is 1. The molecule has 0 spiro atoms. The van der Waals surface area contributed by atoms with E-state index in [2.05, 4.69) is 20.5 Å². The molecule has 3 rings (SSSR count). The summed E-state index contributed by atoms with van der Waals surface area (Å²) < 4.78 is 0. The van der Waals surface area contributed by atoms with Gasteiger partial charge in [-0.25, -0.2) is 10.2 Å². The zero-order valence-electron chi connectivity index (χ0n) is 9.92. The lowest BCUT2D eigenvalue weighted by atomic mass is 10.2. The Morgan fingerprint density at radius 1 is 1.32 bits per heavy atom. The number of nitrogens with zero attached hydrogens (tertiary/aromatic N) is 2. The molecule has 4 N–H and O–H groups in total. The summed E-state index contributed by atoms with van der Waals surface area (Å²) in [5.74, 6) is 0. The first-order valence-corrected chi connectivity index (χ1v) is 5.69. The molecule has 1 aromatic carbocycles. The molecule has 0 saturated carbocycles. The second kappa shape index (κ2) is 4.41. The number of para-hydroxylation sites is 1. The molecule has 2 amide bonds. The fourth-order valence-corrected chi connectivity index (χ4v) is 2.00. The van der Waals surface area contributed by atoms with Crippen LogP contribution in [0.2, 0.25) is 0 Å². The van der Waals surface area contributed by atoms with Gasteiger partial charge in [-0.3, -0.25) is 4.98 Å². The number of hydrogen-bond acceptors (Lipinski definition) is 3. The Hall–Kier alpha value is -2.89. The van der Waals surface area contributed by atoms with Gasteiger partial charge in [0.2, 0.25) is 0 Å². The number of amides is 2. The number of primary amides is 1. The third-order valence-corrected chi connectivity index (χ3v) is 2.78. The van der Waals surface area contributed by atoms with Crippen LogP contribution in [-0.2, 0) is 0 Å². The third-order valence-electron chi connectivity index (χ3n) is 2.78. The second-order valence-electron chi connectivity index (χ2n) is 4.06. The molecule has 19 heavy (non-hydrogen) atoms. The molecule has 0 aliphatic carbocycles. The summed E-state index contributed by atoms with van der Waals surface area (Å²) in [6.45, 7) is 0. The molecule has 2 aromatic heterocycles. The van der Waals surface area contributed by atoms with E-state index in [0.717, 1.165) is 21.8 Å². The summed E-state index contributed by atoms with van der Waals surface area (Å²) in [7, 11) is 0. The summed E-state index contributed by atoms with van der Waals surface area (Å²) >= 11 is 0. The zero-order valence-corrected chi connectivity index (χ0v) is 9.92. The number of carbonyl (C=O) groups is 1. The van der Waals surface area contributed by atoms with Crippen molar-refractivity contribution in [3.63, 3.8) is 0 Å². The molecule has 2 heterocycles. The molecule has 6 nitrogen and oxygen atoms in total. The fourth-order valence-electron chi connectivity index (χ4n) is 2.00. The first kappa shape index (κ1) is 11.2. The Morgan fingerprint density at radius 2 is 2.16 bits per heavy atom. The van der Waals surface area contributed by atoms with Gasteiger partial charge >= 0.3 is 6.03 Å². The van der Waals surface area contributed by atoms with Gasteiger partial charge in [-0.15, -0.1) is 0 Å². The number of rotatable bonds is 2. The highest BCUT2D eigenvalue weighted by molar-refractivity contribution is 6.08. The molecule has 94 valence electrons. The van der Waals surface area contributed by atoms with Crippen LogP contribution in [-0.4, -0.2) is 22.2 Å². The standard InChI is InChI=1S/C13H11N5O/c14-13(19)18-16-6-8-5-10-9-3-1-2-4-11(9)17-12(10)7-15-8/h1-7,17H,(H3,14,18,19). The van der Waals surface area contributed by atoms with E-state index in [-0.39, 0.29) is 0 Å². The number of benzene rings is 1. The Bertz CT molecular complexity index is 790. The number of H-pyrrole nitrogens is 1. The first-order chi connectivity index (χ1) is 9.24. The average molecular weight is 253 g/mol. The van der Waals surface area contributed by atoms with Crippen LogP contribution in [0, 0.1) is 0 Å². The van der Waals surface area contributed by atoms with Crippen molar-refractivity contribution in [2.45, 2.75) is 0 Å². The number of aromatic nitrogens is 2. The molecule has 0 aliphatic rings. The Morgan fingerprint density at radius 3 is 3.00 bits per heavy atom. The first-order valence-electron chi connectivity index (χ1n) is 5.69. The summed E-state index contributed by atoms with van der Waals surface area (Å²) in [6.07, 6.45) is 3.19. The van der Waals surface area contributed by atoms with Gasteiger partial charge < -0.3 is 10.7 Å². The Labute approximate surface area is 108 Å². The minimum Gasteiger partial charge on any atom is -0.353 e. The minimum absolute atomic E-state index is 0.644. The maximum atomic E-state index is 10.5. The predicted molar refractivity (Wildman–Crippen MR) is 73.9 cm³/mol. The minimum atomic E-state index is -0.704. The number of hydrogen-bond donors (Lipinski definition) is 3. The van der Waals surface area contributed by atoms with E-state index in [9.17, 15) is 4.79 Å². The largest absolute Gasteiger partial charge is 0.353 e. The zero-order chi connectivity index (χ0) is 13.2. The van der Waals surface area contributed by atoms with Crippen LogP contribution in [0.3, 0.4) is 0 Å². The van der Waals surface area contributed by atoms with E-state index >= 15 is 0 Å². The molecule has 0 bridgehead atoms. The van der Waals surface area contributed by atoms with Gasteiger partial charge in [0.1, 0.15) is 0 Å². The van der Waals surface area contributed by atoms with Crippen LogP contribution >= 0.6 is 0 Å². The number of urea groups is 1. The van der Waals surface area contributed by atoms with Gasteiger partial charge in [0, 0.05) is 16.3 Å². The van der Waals surface area contributed by atoms with Gasteiger partial charge in [0.05, 0.1) is 23.6 Å².